The second kappa shape index (κ2) is 10.4. The van der Waals surface area contributed by atoms with Gasteiger partial charge in [-0.3, -0.25) is 9.59 Å². The van der Waals surface area contributed by atoms with Gasteiger partial charge in [0.25, 0.3) is 0 Å². The molecular formula is C18H28ClN3O3. The Morgan fingerprint density at radius 2 is 1.84 bits per heavy atom. The van der Waals surface area contributed by atoms with Crippen molar-refractivity contribution in [2.24, 2.45) is 11.7 Å². The highest BCUT2D eigenvalue weighted by atomic mass is 35.5. The van der Waals surface area contributed by atoms with Gasteiger partial charge in [-0.25, -0.2) is 0 Å². The van der Waals surface area contributed by atoms with Crippen molar-refractivity contribution in [1.82, 2.24) is 0 Å². The number of nitrogens with two attached hydrogens (primary N) is 1. The van der Waals surface area contributed by atoms with E-state index in [1.807, 2.05) is 32.0 Å². The molecule has 25 heavy (non-hydrogen) atoms. The third kappa shape index (κ3) is 5.99. The Kier molecular flexibility index (Phi) is 8.89. The first-order chi connectivity index (χ1) is 11.5. The fraction of sp³-hybridized carbons (Fsp3) is 0.556. The normalized spacial score (nSPS) is 15.8. The summed E-state index contributed by atoms with van der Waals surface area (Å²) < 4.78 is 5.31. The van der Waals surface area contributed by atoms with E-state index in [-0.39, 0.29) is 30.1 Å². The van der Waals surface area contributed by atoms with Crippen LogP contribution in [0.25, 0.3) is 0 Å². The molecule has 1 unspecified atom stereocenters. The molecule has 6 nitrogen and oxygen atoms in total. The molecule has 4 N–H and O–H groups in total. The maximum atomic E-state index is 12.4. The number of ether oxygens (including phenoxy) is 1. The first-order valence-corrected chi connectivity index (χ1v) is 8.56. The fourth-order valence-electron chi connectivity index (χ4n) is 2.85. The Labute approximate surface area is 155 Å². The zero-order valence-corrected chi connectivity index (χ0v) is 15.7. The van der Waals surface area contributed by atoms with Crippen molar-refractivity contribution in [2.45, 2.75) is 45.6 Å². The second-order valence-corrected chi connectivity index (χ2v) is 6.24. The smallest absolute Gasteiger partial charge is 0.241 e. The molecule has 1 fully saturated rings. The van der Waals surface area contributed by atoms with Crippen LogP contribution in [0.2, 0.25) is 0 Å². The molecule has 1 saturated heterocycles. The van der Waals surface area contributed by atoms with Gasteiger partial charge in [0.1, 0.15) is 0 Å². The van der Waals surface area contributed by atoms with Gasteiger partial charge in [0.15, 0.2) is 0 Å². The van der Waals surface area contributed by atoms with Crippen LogP contribution in [0, 0.1) is 12.8 Å². The highest BCUT2D eigenvalue weighted by Gasteiger charge is 2.27. The van der Waals surface area contributed by atoms with Crippen LogP contribution in [0.1, 0.15) is 38.2 Å². The highest BCUT2D eigenvalue weighted by Crippen LogP contribution is 2.25. The lowest BCUT2D eigenvalue weighted by atomic mass is 9.92. The summed E-state index contributed by atoms with van der Waals surface area (Å²) in [6.07, 6.45) is 2.88. The maximum absolute atomic E-state index is 12.4. The van der Waals surface area contributed by atoms with Gasteiger partial charge in [-0.1, -0.05) is 13.0 Å². The molecule has 1 aliphatic rings. The predicted molar refractivity (Wildman–Crippen MR) is 102 cm³/mol. The SMILES string of the molecule is CCCC(=O)Nc1cccc(NC(=O)C(N)C2CCOCC2)c1C.Cl. The van der Waals surface area contributed by atoms with Crippen molar-refractivity contribution in [2.75, 3.05) is 23.8 Å². The monoisotopic (exact) mass is 369 g/mol. The molecule has 140 valence electrons. The lowest BCUT2D eigenvalue weighted by Gasteiger charge is -2.27. The maximum Gasteiger partial charge on any atom is 0.241 e. The van der Waals surface area contributed by atoms with E-state index in [9.17, 15) is 9.59 Å². The second-order valence-electron chi connectivity index (χ2n) is 6.24. The summed E-state index contributed by atoms with van der Waals surface area (Å²) in [5, 5.41) is 5.78. The lowest BCUT2D eigenvalue weighted by Crippen LogP contribution is -2.44. The molecule has 1 aromatic carbocycles. The van der Waals surface area contributed by atoms with E-state index in [0.717, 1.165) is 24.8 Å². The average molecular weight is 370 g/mol. The molecule has 0 spiro atoms. The van der Waals surface area contributed by atoms with Gasteiger partial charge in [-0.05, 0) is 49.8 Å². The zero-order valence-electron chi connectivity index (χ0n) is 14.8. The van der Waals surface area contributed by atoms with E-state index in [2.05, 4.69) is 10.6 Å². The third-order valence-electron chi connectivity index (χ3n) is 4.42. The van der Waals surface area contributed by atoms with Crippen LogP contribution in [-0.4, -0.2) is 31.1 Å². The lowest BCUT2D eigenvalue weighted by molar-refractivity contribution is -0.119. The van der Waals surface area contributed by atoms with Crippen molar-refractivity contribution in [1.29, 1.82) is 0 Å². The molecule has 1 aliphatic heterocycles. The van der Waals surface area contributed by atoms with Gasteiger partial charge in [0.2, 0.25) is 11.8 Å². The summed E-state index contributed by atoms with van der Waals surface area (Å²) in [4.78, 5) is 24.2. The number of benzene rings is 1. The van der Waals surface area contributed by atoms with Gasteiger partial charge in [0, 0.05) is 31.0 Å². The number of hydrogen-bond donors (Lipinski definition) is 3. The molecule has 1 atom stereocenters. The third-order valence-corrected chi connectivity index (χ3v) is 4.42. The van der Waals surface area contributed by atoms with Crippen molar-refractivity contribution in [3.8, 4) is 0 Å². The average Bonchev–Trinajstić information content (AvgIpc) is 2.58. The minimum absolute atomic E-state index is 0. The summed E-state index contributed by atoms with van der Waals surface area (Å²) in [5.74, 6) is -0.0727. The van der Waals surface area contributed by atoms with Crippen LogP contribution < -0.4 is 16.4 Å². The first kappa shape index (κ1) is 21.4. The number of hydrogen-bond acceptors (Lipinski definition) is 4. The number of carbonyl (C=O) groups is 2. The van der Waals surface area contributed by atoms with Crippen molar-refractivity contribution >= 4 is 35.6 Å². The number of nitrogens with one attached hydrogen (secondary N) is 2. The molecule has 2 rings (SSSR count). The molecule has 0 saturated carbocycles. The number of rotatable bonds is 6. The van der Waals surface area contributed by atoms with Crippen molar-refractivity contribution < 1.29 is 14.3 Å². The number of carbonyl (C=O) groups excluding carboxylic acids is 2. The van der Waals surface area contributed by atoms with E-state index in [4.69, 9.17) is 10.5 Å². The summed E-state index contributed by atoms with van der Waals surface area (Å²) in [6, 6.07) is 4.91. The van der Waals surface area contributed by atoms with Crippen LogP contribution in [0.5, 0.6) is 0 Å². The van der Waals surface area contributed by atoms with E-state index in [1.54, 1.807) is 0 Å². The molecule has 1 heterocycles. The number of halogens is 1. The van der Waals surface area contributed by atoms with Gasteiger partial charge in [0.05, 0.1) is 6.04 Å². The topological polar surface area (TPSA) is 93.5 Å². The summed E-state index contributed by atoms with van der Waals surface area (Å²) in [5.41, 5.74) is 8.33. The Morgan fingerprint density at radius 1 is 1.24 bits per heavy atom. The summed E-state index contributed by atoms with van der Waals surface area (Å²) >= 11 is 0. The van der Waals surface area contributed by atoms with Crippen LogP contribution >= 0.6 is 12.4 Å². The van der Waals surface area contributed by atoms with E-state index in [1.165, 1.54) is 0 Å². The number of anilines is 2. The highest BCUT2D eigenvalue weighted by molar-refractivity contribution is 5.98. The molecule has 2 amide bonds. The Hall–Kier alpha value is -1.63. The fourth-order valence-corrected chi connectivity index (χ4v) is 2.85. The summed E-state index contributed by atoms with van der Waals surface area (Å²) in [7, 11) is 0. The quantitative estimate of drug-likeness (QED) is 0.718. The predicted octanol–water partition coefficient (Wildman–Crippen LogP) is 2.85. The molecule has 7 heteroatoms. The van der Waals surface area contributed by atoms with Crippen molar-refractivity contribution in [3.05, 3.63) is 23.8 Å². The van der Waals surface area contributed by atoms with E-state index in [0.29, 0.717) is 31.0 Å². The van der Waals surface area contributed by atoms with Crippen LogP contribution in [0.3, 0.4) is 0 Å². The van der Waals surface area contributed by atoms with Gasteiger partial charge >= 0.3 is 0 Å². The van der Waals surface area contributed by atoms with Crippen molar-refractivity contribution in [3.63, 3.8) is 0 Å². The molecule has 0 radical (unpaired) electrons. The molecule has 0 bridgehead atoms. The number of amides is 2. The van der Waals surface area contributed by atoms with E-state index < -0.39 is 6.04 Å². The standard InChI is InChI=1S/C18H27N3O3.ClH/c1-3-5-16(22)20-14-6-4-7-15(12(14)2)21-18(23)17(19)13-8-10-24-11-9-13;/h4,6-7,13,17H,3,5,8-11,19H2,1-2H3,(H,20,22)(H,21,23);1H. The Bertz CT molecular complexity index is 589. The van der Waals surface area contributed by atoms with Gasteiger partial charge in [-0.2, -0.15) is 0 Å². The van der Waals surface area contributed by atoms with Crippen LogP contribution in [0.15, 0.2) is 18.2 Å². The molecule has 0 aliphatic carbocycles. The molecular weight excluding hydrogens is 342 g/mol. The van der Waals surface area contributed by atoms with Crippen LogP contribution in [0.4, 0.5) is 11.4 Å². The molecule has 1 aromatic rings. The minimum atomic E-state index is -0.549. The zero-order chi connectivity index (χ0) is 17.5. The molecule has 0 aromatic heterocycles. The largest absolute Gasteiger partial charge is 0.381 e. The van der Waals surface area contributed by atoms with Crippen LogP contribution in [-0.2, 0) is 14.3 Å². The van der Waals surface area contributed by atoms with Gasteiger partial charge < -0.3 is 21.1 Å². The van der Waals surface area contributed by atoms with E-state index >= 15 is 0 Å². The Morgan fingerprint density at radius 3 is 2.44 bits per heavy atom. The first-order valence-electron chi connectivity index (χ1n) is 8.56. The Balaban J connectivity index is 0.00000312. The minimum Gasteiger partial charge on any atom is -0.381 e. The summed E-state index contributed by atoms with van der Waals surface area (Å²) in [6.45, 7) is 5.14. The van der Waals surface area contributed by atoms with Gasteiger partial charge in [-0.15, -0.1) is 12.4 Å².